The predicted octanol–water partition coefficient (Wildman–Crippen LogP) is 3.12. The topological polar surface area (TPSA) is 121 Å². The van der Waals surface area contributed by atoms with E-state index < -0.39 is 21.6 Å². The third kappa shape index (κ3) is 4.48. The van der Waals surface area contributed by atoms with Crippen molar-refractivity contribution in [2.75, 3.05) is 14.2 Å². The molecule has 0 spiro atoms. The van der Waals surface area contributed by atoms with E-state index >= 15 is 0 Å². The Bertz CT molecular complexity index is 1350. The molecule has 168 valence electrons. The Morgan fingerprint density at radius 1 is 1.00 bits per heavy atom. The number of ether oxygens (including phenoxy) is 2. The summed E-state index contributed by atoms with van der Waals surface area (Å²) in [5.74, 6) is -0.382. The van der Waals surface area contributed by atoms with Crippen LogP contribution in [0, 0.1) is 6.92 Å². The Morgan fingerprint density at radius 2 is 1.62 bits per heavy atom. The van der Waals surface area contributed by atoms with Crippen molar-refractivity contribution in [1.82, 2.24) is 4.73 Å². The van der Waals surface area contributed by atoms with E-state index in [0.717, 1.165) is 24.3 Å². The summed E-state index contributed by atoms with van der Waals surface area (Å²) in [5.41, 5.74) is 0.322. The van der Waals surface area contributed by atoms with Crippen LogP contribution in [0.1, 0.15) is 15.9 Å². The van der Waals surface area contributed by atoms with Crippen molar-refractivity contribution < 1.29 is 32.1 Å². The number of aromatic nitrogens is 1. The van der Waals surface area contributed by atoms with Crippen LogP contribution in [0.2, 0.25) is 0 Å². The Morgan fingerprint density at radius 3 is 2.19 bits per heavy atom. The summed E-state index contributed by atoms with van der Waals surface area (Å²) in [6.07, 6.45) is 0. The lowest BCUT2D eigenvalue weighted by atomic mass is 10.1. The molecule has 0 radical (unpaired) electrons. The molecule has 1 aromatic heterocycles. The molecular formula is C21H18BrNO8S. The van der Waals surface area contributed by atoms with Crippen molar-refractivity contribution in [2.45, 2.75) is 11.8 Å². The summed E-state index contributed by atoms with van der Waals surface area (Å²) in [6.45, 7) is 1.68. The summed E-state index contributed by atoms with van der Waals surface area (Å²) in [6, 6.07) is 10.8. The fourth-order valence-corrected chi connectivity index (χ4v) is 4.05. The number of rotatable bonds is 7. The van der Waals surface area contributed by atoms with Crippen LogP contribution in [0.5, 0.6) is 11.5 Å². The number of carboxylic acids is 1. The molecule has 2 aromatic carbocycles. The number of aryl methyl sites for hydroxylation is 1. The average Bonchev–Trinajstić information content (AvgIpc) is 2.78. The molecule has 11 heteroatoms. The van der Waals surface area contributed by atoms with Crippen molar-refractivity contribution in [2.24, 2.45) is 0 Å². The number of carboxylic acid groups (broad SMARTS) is 1. The molecule has 0 amide bonds. The first-order valence-corrected chi connectivity index (χ1v) is 11.2. The van der Waals surface area contributed by atoms with Crippen molar-refractivity contribution >= 4 is 32.0 Å². The molecule has 0 saturated carbocycles. The van der Waals surface area contributed by atoms with Crippen molar-refractivity contribution in [1.29, 1.82) is 0 Å². The predicted molar refractivity (Wildman–Crippen MR) is 119 cm³/mol. The second-order valence-electron chi connectivity index (χ2n) is 6.55. The van der Waals surface area contributed by atoms with Gasteiger partial charge in [-0.3, -0.25) is 9.08 Å². The van der Waals surface area contributed by atoms with Gasteiger partial charge in [-0.1, -0.05) is 0 Å². The number of hydrogen-bond donors (Lipinski definition) is 1. The molecule has 0 aliphatic carbocycles. The Kier molecular flexibility index (Phi) is 6.60. The van der Waals surface area contributed by atoms with Crippen molar-refractivity contribution in [3.63, 3.8) is 0 Å². The molecule has 1 N–H and O–H groups in total. The van der Waals surface area contributed by atoms with E-state index in [1.54, 1.807) is 31.2 Å². The first kappa shape index (κ1) is 23.4. The van der Waals surface area contributed by atoms with Crippen LogP contribution < -0.4 is 19.3 Å². The molecular weight excluding hydrogens is 506 g/mol. The van der Waals surface area contributed by atoms with Gasteiger partial charge in [0.25, 0.3) is 5.56 Å². The first-order chi connectivity index (χ1) is 15.1. The number of hydrogen-bond acceptors (Lipinski definition) is 7. The van der Waals surface area contributed by atoms with Gasteiger partial charge in [-0.25, -0.2) is 4.79 Å². The molecule has 3 rings (SSSR count). The minimum Gasteiger partial charge on any atom is -0.493 e. The number of carbonyl (C=O) groups is 1. The second kappa shape index (κ2) is 9.05. The summed E-state index contributed by atoms with van der Waals surface area (Å²) < 4.78 is 42.2. The third-order valence-corrected chi connectivity index (χ3v) is 6.69. The zero-order valence-electron chi connectivity index (χ0n) is 17.2. The van der Waals surface area contributed by atoms with Gasteiger partial charge in [-0.2, -0.15) is 8.42 Å². The van der Waals surface area contributed by atoms with Gasteiger partial charge in [0.1, 0.15) is 4.90 Å². The normalized spacial score (nSPS) is 11.1. The van der Waals surface area contributed by atoms with Crippen LogP contribution in [0.3, 0.4) is 0 Å². The van der Waals surface area contributed by atoms with E-state index in [-0.39, 0.29) is 20.6 Å². The number of aromatic carboxylic acids is 1. The van der Waals surface area contributed by atoms with Gasteiger partial charge < -0.3 is 14.6 Å². The highest BCUT2D eigenvalue weighted by Gasteiger charge is 2.23. The minimum absolute atomic E-state index is 0.0924. The second-order valence-corrected chi connectivity index (χ2v) is 8.88. The third-order valence-electron chi connectivity index (χ3n) is 4.53. The molecule has 0 atom stereocenters. The summed E-state index contributed by atoms with van der Waals surface area (Å²) in [7, 11) is -1.55. The summed E-state index contributed by atoms with van der Waals surface area (Å²) in [5, 5.41) is 9.00. The number of pyridine rings is 1. The molecule has 0 aliphatic rings. The Labute approximate surface area is 192 Å². The molecule has 1 heterocycles. The van der Waals surface area contributed by atoms with Crippen LogP contribution in [0.15, 0.2) is 62.7 Å². The number of benzene rings is 2. The van der Waals surface area contributed by atoms with Crippen LogP contribution in [0.25, 0.3) is 11.3 Å². The summed E-state index contributed by atoms with van der Waals surface area (Å²) >= 11 is 3.16. The smallest absolute Gasteiger partial charge is 0.357 e. The fourth-order valence-electron chi connectivity index (χ4n) is 2.87. The number of methoxy groups -OCH3 is 2. The van der Waals surface area contributed by atoms with Gasteiger partial charge in [0.15, 0.2) is 11.5 Å². The highest BCUT2D eigenvalue weighted by atomic mass is 79.9. The average molecular weight is 524 g/mol. The van der Waals surface area contributed by atoms with E-state index in [9.17, 15) is 18.0 Å². The van der Waals surface area contributed by atoms with Crippen LogP contribution in [-0.4, -0.2) is 38.4 Å². The zero-order valence-corrected chi connectivity index (χ0v) is 19.6. The van der Waals surface area contributed by atoms with E-state index in [4.69, 9.17) is 18.9 Å². The highest BCUT2D eigenvalue weighted by Crippen LogP contribution is 2.33. The lowest BCUT2D eigenvalue weighted by molar-refractivity contribution is 0.0696. The lowest BCUT2D eigenvalue weighted by Crippen LogP contribution is -2.33. The fraction of sp³-hybridized carbons (Fsp3) is 0.143. The quantitative estimate of drug-likeness (QED) is 0.501. The van der Waals surface area contributed by atoms with Crippen molar-refractivity contribution in [3.8, 4) is 22.8 Å². The Balaban J connectivity index is 2.15. The van der Waals surface area contributed by atoms with Crippen molar-refractivity contribution in [3.05, 3.63) is 74.5 Å². The maximum atomic E-state index is 12.9. The maximum Gasteiger partial charge on any atom is 0.357 e. The monoisotopic (exact) mass is 523 g/mol. The first-order valence-electron chi connectivity index (χ1n) is 9.02. The maximum absolute atomic E-state index is 12.9. The van der Waals surface area contributed by atoms with Gasteiger partial charge in [-0.05, 0) is 76.9 Å². The number of halogens is 1. The van der Waals surface area contributed by atoms with E-state index in [2.05, 4.69) is 15.9 Å². The van der Waals surface area contributed by atoms with Gasteiger partial charge in [0.05, 0.1) is 29.9 Å². The number of nitrogens with zero attached hydrogens (tertiary/aromatic N) is 1. The summed E-state index contributed by atoms with van der Waals surface area (Å²) in [4.78, 5) is 23.6. The largest absolute Gasteiger partial charge is 0.493 e. The molecule has 3 aromatic rings. The molecule has 0 unspecified atom stereocenters. The van der Waals surface area contributed by atoms with Gasteiger partial charge in [0, 0.05) is 5.56 Å². The molecule has 0 fully saturated rings. The van der Waals surface area contributed by atoms with Crippen LogP contribution >= 0.6 is 15.9 Å². The van der Waals surface area contributed by atoms with Gasteiger partial charge in [-0.15, -0.1) is 4.73 Å². The molecule has 32 heavy (non-hydrogen) atoms. The van der Waals surface area contributed by atoms with Crippen LogP contribution in [0.4, 0.5) is 0 Å². The van der Waals surface area contributed by atoms with E-state index in [1.807, 2.05) is 0 Å². The standard InChI is InChI=1S/C21H18BrNO8S/c1-12-10-16(14-6-9-17(29-2)18(11-14)30-3)23(20(24)19(12)22)31-32(27,28)15-7-4-13(5-8-15)21(25)26/h4-11H,1-3H3,(H,25,26). The zero-order chi connectivity index (χ0) is 23.6. The molecule has 0 saturated heterocycles. The molecule has 0 aliphatic heterocycles. The van der Waals surface area contributed by atoms with Crippen LogP contribution in [-0.2, 0) is 10.1 Å². The molecule has 9 nitrogen and oxygen atoms in total. The highest BCUT2D eigenvalue weighted by molar-refractivity contribution is 9.10. The lowest BCUT2D eigenvalue weighted by Gasteiger charge is -2.16. The van der Waals surface area contributed by atoms with Gasteiger partial charge in [0.2, 0.25) is 0 Å². The van der Waals surface area contributed by atoms with Gasteiger partial charge >= 0.3 is 16.1 Å². The minimum atomic E-state index is -4.47. The Hall–Kier alpha value is -3.31. The SMILES string of the molecule is COc1ccc(-c2cc(C)c(Br)c(=O)n2OS(=O)(=O)c2ccc(C(=O)O)cc2)cc1OC. The molecule has 0 bridgehead atoms. The van der Waals surface area contributed by atoms with E-state index in [0.29, 0.717) is 27.4 Å². The van der Waals surface area contributed by atoms with E-state index in [1.165, 1.54) is 14.2 Å².